The van der Waals surface area contributed by atoms with E-state index in [4.69, 9.17) is 0 Å². The van der Waals surface area contributed by atoms with Gasteiger partial charge in [0.15, 0.2) is 0 Å². The van der Waals surface area contributed by atoms with Crippen LogP contribution in [0.4, 0.5) is 11.4 Å². The lowest BCUT2D eigenvalue weighted by Crippen LogP contribution is -2.45. The minimum Gasteiger partial charge on any atom is -0.323 e. The molecule has 0 saturated carbocycles. The van der Waals surface area contributed by atoms with Crippen LogP contribution in [0.5, 0.6) is 0 Å². The molecule has 136 valence electrons. The summed E-state index contributed by atoms with van der Waals surface area (Å²) in [7, 11) is 0. The van der Waals surface area contributed by atoms with Gasteiger partial charge in [-0.1, -0.05) is 42.1 Å². The fourth-order valence-corrected chi connectivity index (χ4v) is 4.16. The van der Waals surface area contributed by atoms with Gasteiger partial charge in [-0.05, 0) is 32.0 Å². The van der Waals surface area contributed by atoms with Crippen molar-refractivity contribution in [3.8, 4) is 0 Å². The summed E-state index contributed by atoms with van der Waals surface area (Å²) < 4.78 is 0. The Kier molecular flexibility index (Phi) is 4.53. The van der Waals surface area contributed by atoms with Crippen molar-refractivity contribution in [2.45, 2.75) is 24.1 Å². The van der Waals surface area contributed by atoms with E-state index in [9.17, 15) is 9.59 Å². The predicted octanol–water partition coefficient (Wildman–Crippen LogP) is 3.40. The Bertz CT molecular complexity index is 1050. The first-order chi connectivity index (χ1) is 13.0. The summed E-state index contributed by atoms with van der Waals surface area (Å²) in [6.45, 7) is 3.70. The highest BCUT2D eigenvalue weighted by atomic mass is 32.2. The average Bonchev–Trinajstić information content (AvgIpc) is 2.66. The summed E-state index contributed by atoms with van der Waals surface area (Å²) in [5.74, 6) is 0.351. The maximum Gasteiger partial charge on any atom is 0.244 e. The monoisotopic (exact) mass is 378 g/mol. The van der Waals surface area contributed by atoms with E-state index in [0.29, 0.717) is 11.5 Å². The number of para-hydroxylation sites is 3. The molecule has 1 aliphatic heterocycles. The zero-order valence-corrected chi connectivity index (χ0v) is 15.8. The van der Waals surface area contributed by atoms with Crippen molar-refractivity contribution in [2.24, 2.45) is 0 Å². The third-order valence-electron chi connectivity index (χ3n) is 4.35. The Morgan fingerprint density at radius 3 is 2.74 bits per heavy atom. The number of thioether (sulfide) groups is 1. The van der Waals surface area contributed by atoms with Crippen molar-refractivity contribution >= 4 is 45.9 Å². The van der Waals surface area contributed by atoms with Crippen LogP contribution in [0.15, 0.2) is 53.6 Å². The van der Waals surface area contributed by atoms with Crippen LogP contribution in [0.25, 0.3) is 10.9 Å². The van der Waals surface area contributed by atoms with Crippen LogP contribution < -0.4 is 10.2 Å². The first-order valence-electron chi connectivity index (χ1n) is 8.63. The number of carbonyl (C=O) groups is 2. The molecule has 1 aromatic heterocycles. The highest BCUT2D eigenvalue weighted by Gasteiger charge is 2.30. The summed E-state index contributed by atoms with van der Waals surface area (Å²) in [6.07, 6.45) is 0. The molecule has 2 amide bonds. The van der Waals surface area contributed by atoms with Crippen molar-refractivity contribution in [3.05, 3.63) is 54.4 Å². The second-order valence-electron chi connectivity index (χ2n) is 6.34. The molecule has 2 heterocycles. The van der Waals surface area contributed by atoms with E-state index in [1.807, 2.05) is 56.3 Å². The number of rotatable bonds is 3. The molecule has 0 bridgehead atoms. The number of carbonyl (C=O) groups excluding carboxylic acids is 2. The number of nitrogens with one attached hydrogen (secondary N) is 1. The van der Waals surface area contributed by atoms with Gasteiger partial charge in [0.2, 0.25) is 11.8 Å². The molecular weight excluding hydrogens is 360 g/mol. The molecule has 0 unspecified atom stereocenters. The maximum absolute atomic E-state index is 13.1. The van der Waals surface area contributed by atoms with E-state index < -0.39 is 5.25 Å². The van der Waals surface area contributed by atoms with Crippen LogP contribution in [-0.2, 0) is 9.59 Å². The number of hydrogen-bond acceptors (Lipinski definition) is 5. The zero-order chi connectivity index (χ0) is 19.0. The van der Waals surface area contributed by atoms with Gasteiger partial charge in [0.05, 0.1) is 22.1 Å². The topological polar surface area (TPSA) is 75.2 Å². The summed E-state index contributed by atoms with van der Waals surface area (Å²) in [6, 6.07) is 15.1. The molecule has 2 aromatic carbocycles. The number of fused-ring (bicyclic) bond motifs is 2. The smallest absolute Gasteiger partial charge is 0.244 e. The van der Waals surface area contributed by atoms with E-state index in [2.05, 4.69) is 15.3 Å². The van der Waals surface area contributed by atoms with Crippen LogP contribution in [0.2, 0.25) is 0 Å². The van der Waals surface area contributed by atoms with Gasteiger partial charge >= 0.3 is 0 Å². The molecule has 0 fully saturated rings. The van der Waals surface area contributed by atoms with Crippen molar-refractivity contribution in [1.29, 1.82) is 0 Å². The summed E-state index contributed by atoms with van der Waals surface area (Å²) in [4.78, 5) is 35.6. The van der Waals surface area contributed by atoms with Crippen molar-refractivity contribution in [3.63, 3.8) is 0 Å². The molecule has 0 spiro atoms. The molecule has 7 heteroatoms. The highest BCUT2D eigenvalue weighted by Crippen LogP contribution is 2.33. The number of hydrogen-bond donors (Lipinski definition) is 1. The SMILES string of the molecule is Cc1nc(S[C@H](C)C(=O)N2CC(=O)Nc3ccccc32)c2ccccc2n1. The van der Waals surface area contributed by atoms with E-state index in [1.165, 1.54) is 11.8 Å². The average molecular weight is 378 g/mol. The summed E-state index contributed by atoms with van der Waals surface area (Å²) in [5, 5.41) is 4.10. The lowest BCUT2D eigenvalue weighted by atomic mass is 10.2. The highest BCUT2D eigenvalue weighted by molar-refractivity contribution is 8.00. The van der Waals surface area contributed by atoms with Crippen LogP contribution in [0.3, 0.4) is 0 Å². The molecule has 0 radical (unpaired) electrons. The second kappa shape index (κ2) is 7.00. The van der Waals surface area contributed by atoms with Gasteiger partial charge in [-0.3, -0.25) is 14.5 Å². The van der Waals surface area contributed by atoms with Crippen molar-refractivity contribution in [1.82, 2.24) is 9.97 Å². The molecule has 1 N–H and O–H groups in total. The normalized spacial score (nSPS) is 14.6. The minimum absolute atomic E-state index is 0.0182. The minimum atomic E-state index is -0.401. The van der Waals surface area contributed by atoms with Crippen molar-refractivity contribution < 1.29 is 9.59 Å². The summed E-state index contributed by atoms with van der Waals surface area (Å²) in [5.41, 5.74) is 2.23. The van der Waals surface area contributed by atoms with Gasteiger partial charge in [0.25, 0.3) is 0 Å². The van der Waals surface area contributed by atoms with Gasteiger partial charge < -0.3 is 5.32 Å². The molecular formula is C20H18N4O2S. The van der Waals surface area contributed by atoms with Crippen LogP contribution in [0.1, 0.15) is 12.7 Å². The van der Waals surface area contributed by atoms with Crippen LogP contribution in [0, 0.1) is 6.92 Å². The standard InChI is InChI=1S/C20H18N4O2S/c1-12(27-19-14-7-3-4-8-15(14)21-13(2)22-19)20(26)24-11-18(25)23-16-9-5-6-10-17(16)24/h3-10,12H,11H2,1-2H3,(H,23,25)/t12-/m1/s1. The van der Waals surface area contributed by atoms with Crippen LogP contribution in [-0.4, -0.2) is 33.6 Å². The molecule has 27 heavy (non-hydrogen) atoms. The third kappa shape index (κ3) is 3.38. The van der Waals surface area contributed by atoms with E-state index in [1.54, 1.807) is 11.0 Å². The second-order valence-corrected chi connectivity index (χ2v) is 7.67. The molecule has 0 aliphatic carbocycles. The number of anilines is 2. The van der Waals surface area contributed by atoms with Gasteiger partial charge in [0.1, 0.15) is 17.4 Å². The Morgan fingerprint density at radius 1 is 1.15 bits per heavy atom. The molecule has 3 aromatic rings. The first-order valence-corrected chi connectivity index (χ1v) is 9.51. The lowest BCUT2D eigenvalue weighted by molar-refractivity contribution is -0.121. The first kappa shape index (κ1) is 17.5. The Labute approximate surface area is 161 Å². The number of aryl methyl sites for hydroxylation is 1. The number of aromatic nitrogens is 2. The number of nitrogens with zero attached hydrogens (tertiary/aromatic N) is 3. The lowest BCUT2D eigenvalue weighted by Gasteiger charge is -2.30. The molecule has 1 atom stereocenters. The Balaban J connectivity index is 1.64. The number of benzene rings is 2. The van der Waals surface area contributed by atoms with Gasteiger partial charge in [-0.15, -0.1) is 0 Å². The molecule has 0 saturated heterocycles. The zero-order valence-electron chi connectivity index (χ0n) is 15.0. The summed E-state index contributed by atoms with van der Waals surface area (Å²) >= 11 is 1.39. The predicted molar refractivity (Wildman–Crippen MR) is 107 cm³/mol. The quantitative estimate of drug-likeness (QED) is 0.558. The van der Waals surface area contributed by atoms with Crippen LogP contribution >= 0.6 is 11.8 Å². The van der Waals surface area contributed by atoms with E-state index in [-0.39, 0.29) is 18.4 Å². The Hall–Kier alpha value is -2.93. The van der Waals surface area contributed by atoms with Gasteiger partial charge in [-0.25, -0.2) is 9.97 Å². The fraction of sp³-hybridized carbons (Fsp3) is 0.200. The van der Waals surface area contributed by atoms with Gasteiger partial charge in [0, 0.05) is 5.39 Å². The van der Waals surface area contributed by atoms with E-state index >= 15 is 0 Å². The van der Waals surface area contributed by atoms with E-state index in [0.717, 1.165) is 21.6 Å². The fourth-order valence-electron chi connectivity index (χ4n) is 3.12. The molecule has 4 rings (SSSR count). The largest absolute Gasteiger partial charge is 0.323 e. The van der Waals surface area contributed by atoms with Gasteiger partial charge in [-0.2, -0.15) is 0 Å². The maximum atomic E-state index is 13.1. The van der Waals surface area contributed by atoms with Crippen molar-refractivity contribution in [2.75, 3.05) is 16.8 Å². The third-order valence-corrected chi connectivity index (χ3v) is 5.44. The number of amides is 2. The molecule has 1 aliphatic rings. The molecule has 6 nitrogen and oxygen atoms in total. The Morgan fingerprint density at radius 2 is 1.89 bits per heavy atom.